The largest absolute Gasteiger partial charge is 0.494 e. The number of carbonyl (C=O) groups is 1. The second-order valence-electron chi connectivity index (χ2n) is 9.40. The summed E-state index contributed by atoms with van der Waals surface area (Å²) in [6.45, 7) is 5.24. The van der Waals surface area contributed by atoms with Crippen LogP contribution in [0.4, 0.5) is 11.4 Å². The lowest BCUT2D eigenvalue weighted by Crippen LogP contribution is -2.27. The number of fused-ring (bicyclic) bond motifs is 1. The van der Waals surface area contributed by atoms with Crippen molar-refractivity contribution in [3.8, 4) is 17.2 Å². The van der Waals surface area contributed by atoms with Crippen LogP contribution in [-0.4, -0.2) is 26.1 Å². The SMILES string of the molecule is CCCOc1ccc(C2CC(=O)C3=C(C2)Nc2ccccc2NC3c2cccc(OC)c2OCC)cc1. The average Bonchev–Trinajstić information content (AvgIpc) is 3.09. The van der Waals surface area contributed by atoms with Crippen LogP contribution in [0.15, 0.2) is 78.0 Å². The highest BCUT2D eigenvalue weighted by Crippen LogP contribution is 2.47. The van der Waals surface area contributed by atoms with E-state index in [9.17, 15) is 4.79 Å². The van der Waals surface area contributed by atoms with Gasteiger partial charge in [0.05, 0.1) is 37.7 Å². The number of nitrogens with one attached hydrogen (secondary N) is 2. The van der Waals surface area contributed by atoms with Gasteiger partial charge in [0.2, 0.25) is 0 Å². The summed E-state index contributed by atoms with van der Waals surface area (Å²) < 4.78 is 17.4. The molecule has 2 aliphatic rings. The van der Waals surface area contributed by atoms with E-state index < -0.39 is 0 Å². The summed E-state index contributed by atoms with van der Waals surface area (Å²) in [5.41, 5.74) is 5.62. The molecule has 6 heteroatoms. The Bertz CT molecular complexity index is 1300. The summed E-state index contributed by atoms with van der Waals surface area (Å²) in [4.78, 5) is 13.9. The summed E-state index contributed by atoms with van der Waals surface area (Å²) in [6.07, 6.45) is 2.14. The number of anilines is 2. The fourth-order valence-electron chi connectivity index (χ4n) is 5.24. The lowest BCUT2D eigenvalue weighted by atomic mass is 9.78. The average molecular weight is 499 g/mol. The van der Waals surface area contributed by atoms with Crippen molar-refractivity contribution < 1.29 is 19.0 Å². The number of hydrogen-bond donors (Lipinski definition) is 2. The zero-order valence-corrected chi connectivity index (χ0v) is 21.7. The van der Waals surface area contributed by atoms with Crippen molar-refractivity contribution in [2.45, 2.75) is 45.1 Å². The molecule has 3 aromatic carbocycles. The van der Waals surface area contributed by atoms with Crippen molar-refractivity contribution in [1.82, 2.24) is 0 Å². The molecule has 0 saturated heterocycles. The molecule has 2 unspecified atom stereocenters. The van der Waals surface area contributed by atoms with Gasteiger partial charge in [0.15, 0.2) is 17.3 Å². The Kier molecular flexibility index (Phi) is 7.35. The van der Waals surface area contributed by atoms with Gasteiger partial charge in [0, 0.05) is 23.3 Å². The molecule has 192 valence electrons. The van der Waals surface area contributed by atoms with E-state index in [4.69, 9.17) is 14.2 Å². The number of para-hydroxylation sites is 3. The van der Waals surface area contributed by atoms with Crippen molar-refractivity contribution in [2.24, 2.45) is 0 Å². The van der Waals surface area contributed by atoms with Gasteiger partial charge < -0.3 is 24.8 Å². The number of ketones is 1. The maximum Gasteiger partial charge on any atom is 0.166 e. The lowest BCUT2D eigenvalue weighted by molar-refractivity contribution is -0.116. The van der Waals surface area contributed by atoms with Crippen molar-refractivity contribution in [1.29, 1.82) is 0 Å². The minimum atomic E-state index is -0.374. The van der Waals surface area contributed by atoms with Gasteiger partial charge in [-0.2, -0.15) is 0 Å². The van der Waals surface area contributed by atoms with Crippen LogP contribution in [0.3, 0.4) is 0 Å². The van der Waals surface area contributed by atoms with Gasteiger partial charge in [-0.3, -0.25) is 4.79 Å². The third-order valence-electron chi connectivity index (χ3n) is 6.96. The first-order chi connectivity index (χ1) is 18.1. The third-order valence-corrected chi connectivity index (χ3v) is 6.96. The predicted molar refractivity (Wildman–Crippen MR) is 147 cm³/mol. The number of hydrogen-bond acceptors (Lipinski definition) is 6. The van der Waals surface area contributed by atoms with E-state index in [-0.39, 0.29) is 17.7 Å². The maximum atomic E-state index is 13.9. The summed E-state index contributed by atoms with van der Waals surface area (Å²) >= 11 is 0. The Morgan fingerprint density at radius 3 is 2.41 bits per heavy atom. The van der Waals surface area contributed by atoms with Crippen LogP contribution in [-0.2, 0) is 4.79 Å². The van der Waals surface area contributed by atoms with Gasteiger partial charge in [-0.25, -0.2) is 0 Å². The number of methoxy groups -OCH3 is 1. The van der Waals surface area contributed by atoms with Crippen molar-refractivity contribution in [3.05, 3.63) is 89.1 Å². The molecule has 2 atom stereocenters. The molecule has 1 aliphatic carbocycles. The lowest BCUT2D eigenvalue weighted by Gasteiger charge is -2.30. The van der Waals surface area contributed by atoms with E-state index in [0.717, 1.165) is 52.4 Å². The second kappa shape index (κ2) is 11.0. The van der Waals surface area contributed by atoms with Gasteiger partial charge in [-0.15, -0.1) is 0 Å². The van der Waals surface area contributed by atoms with Gasteiger partial charge in [-0.05, 0) is 61.6 Å². The van der Waals surface area contributed by atoms with Crippen LogP contribution in [0.5, 0.6) is 17.2 Å². The Hall–Kier alpha value is -3.93. The van der Waals surface area contributed by atoms with E-state index >= 15 is 0 Å². The van der Waals surface area contributed by atoms with E-state index in [1.54, 1.807) is 7.11 Å². The second-order valence-corrected chi connectivity index (χ2v) is 9.40. The van der Waals surface area contributed by atoms with Crippen LogP contribution in [0.1, 0.15) is 56.2 Å². The first-order valence-electron chi connectivity index (χ1n) is 13.0. The van der Waals surface area contributed by atoms with Gasteiger partial charge in [0.25, 0.3) is 0 Å². The molecule has 0 radical (unpaired) electrons. The molecule has 37 heavy (non-hydrogen) atoms. The molecule has 3 aromatic rings. The monoisotopic (exact) mass is 498 g/mol. The molecule has 5 rings (SSSR count). The van der Waals surface area contributed by atoms with Gasteiger partial charge in [0.1, 0.15) is 5.75 Å². The molecule has 0 bridgehead atoms. The van der Waals surface area contributed by atoms with Crippen molar-refractivity contribution in [3.63, 3.8) is 0 Å². The first-order valence-corrected chi connectivity index (χ1v) is 13.0. The molecule has 0 spiro atoms. The molecule has 1 heterocycles. The number of Topliss-reactive ketones (excluding diaryl/α,β-unsaturated/α-hetero) is 1. The standard InChI is InChI=1S/C31H34N2O4/c1-4-17-37-22-15-13-20(14-16-22)21-18-26-29(27(34)19-21)30(33-25-11-7-6-10-24(25)32-26)23-9-8-12-28(35-3)31(23)36-5-2/h6-16,21,30,32-33H,4-5,17-19H2,1-3H3. The summed E-state index contributed by atoms with van der Waals surface area (Å²) in [5, 5.41) is 7.25. The summed E-state index contributed by atoms with van der Waals surface area (Å²) in [7, 11) is 1.64. The van der Waals surface area contributed by atoms with E-state index in [0.29, 0.717) is 31.1 Å². The van der Waals surface area contributed by atoms with Gasteiger partial charge in [-0.1, -0.05) is 43.3 Å². The first kappa shape index (κ1) is 24.8. The number of ether oxygens (including phenoxy) is 3. The van der Waals surface area contributed by atoms with Crippen LogP contribution in [0.2, 0.25) is 0 Å². The molecule has 2 N–H and O–H groups in total. The number of benzene rings is 3. The minimum absolute atomic E-state index is 0.0848. The van der Waals surface area contributed by atoms with E-state index in [1.165, 1.54) is 0 Å². The Morgan fingerprint density at radius 1 is 0.892 bits per heavy atom. The number of allylic oxidation sites excluding steroid dienone is 1. The van der Waals surface area contributed by atoms with Crippen molar-refractivity contribution in [2.75, 3.05) is 31.0 Å². The van der Waals surface area contributed by atoms with E-state index in [1.807, 2.05) is 61.5 Å². The molecular weight excluding hydrogens is 464 g/mol. The topological polar surface area (TPSA) is 68.8 Å². The van der Waals surface area contributed by atoms with Crippen molar-refractivity contribution >= 4 is 17.2 Å². The summed E-state index contributed by atoms with van der Waals surface area (Å²) in [6, 6.07) is 21.7. The Labute approximate surface area is 218 Å². The smallest absolute Gasteiger partial charge is 0.166 e. The molecule has 0 fully saturated rings. The zero-order chi connectivity index (χ0) is 25.8. The Morgan fingerprint density at radius 2 is 1.68 bits per heavy atom. The number of carbonyl (C=O) groups excluding carboxylic acids is 1. The quantitative estimate of drug-likeness (QED) is 0.354. The highest BCUT2D eigenvalue weighted by molar-refractivity contribution is 6.01. The normalized spacial score (nSPS) is 18.6. The minimum Gasteiger partial charge on any atom is -0.494 e. The predicted octanol–water partition coefficient (Wildman–Crippen LogP) is 6.86. The fraction of sp³-hybridized carbons (Fsp3) is 0.323. The number of rotatable bonds is 8. The zero-order valence-electron chi connectivity index (χ0n) is 21.7. The molecular formula is C31H34N2O4. The maximum absolute atomic E-state index is 13.9. The molecule has 0 saturated carbocycles. The molecule has 0 aromatic heterocycles. The Balaban J connectivity index is 1.56. The highest BCUT2D eigenvalue weighted by atomic mass is 16.5. The molecule has 1 aliphatic heterocycles. The summed E-state index contributed by atoms with van der Waals surface area (Å²) in [5.74, 6) is 2.39. The van der Waals surface area contributed by atoms with E-state index in [2.05, 4.69) is 29.7 Å². The van der Waals surface area contributed by atoms with Crippen LogP contribution in [0.25, 0.3) is 0 Å². The van der Waals surface area contributed by atoms with Gasteiger partial charge >= 0.3 is 0 Å². The third kappa shape index (κ3) is 5.01. The molecule has 0 amide bonds. The van der Waals surface area contributed by atoms with Crippen LogP contribution >= 0.6 is 0 Å². The highest BCUT2D eigenvalue weighted by Gasteiger charge is 2.37. The van der Waals surface area contributed by atoms with Crippen LogP contribution in [0, 0.1) is 0 Å². The molecule has 6 nitrogen and oxygen atoms in total. The van der Waals surface area contributed by atoms with Crippen LogP contribution < -0.4 is 24.8 Å². The fourth-order valence-corrected chi connectivity index (χ4v) is 5.24.